The molecule has 0 radical (unpaired) electrons. The zero-order valence-electron chi connectivity index (χ0n) is 15.4. The molecule has 1 amide bonds. The molecule has 0 spiro atoms. The van der Waals surface area contributed by atoms with E-state index in [1.165, 1.54) is 0 Å². The summed E-state index contributed by atoms with van der Waals surface area (Å²) in [4.78, 5) is 12.3. The first-order valence-corrected chi connectivity index (χ1v) is 8.99. The van der Waals surface area contributed by atoms with Gasteiger partial charge in [0.15, 0.2) is 6.61 Å². The Morgan fingerprint density at radius 1 is 0.862 bits per heavy atom. The molecular formula is C22H18N4O3. The molecule has 4 aromatic rings. The van der Waals surface area contributed by atoms with Gasteiger partial charge in [-0.1, -0.05) is 35.5 Å². The fraction of sp³-hybridized carbons (Fsp3) is 0.0455. The van der Waals surface area contributed by atoms with E-state index in [2.05, 4.69) is 15.6 Å². The summed E-state index contributed by atoms with van der Waals surface area (Å²) in [5.74, 6) is 1.74. The van der Waals surface area contributed by atoms with Crippen LogP contribution in [0.5, 0.6) is 17.2 Å². The number of para-hydroxylation sites is 3. The zero-order chi connectivity index (χ0) is 19.9. The third-order valence-electron chi connectivity index (χ3n) is 4.02. The van der Waals surface area contributed by atoms with Gasteiger partial charge in [-0.15, -0.1) is 5.10 Å². The van der Waals surface area contributed by atoms with Crippen LogP contribution in [0, 0.1) is 0 Å². The van der Waals surface area contributed by atoms with Gasteiger partial charge in [0.25, 0.3) is 5.91 Å². The van der Waals surface area contributed by atoms with Crippen LogP contribution in [-0.4, -0.2) is 27.5 Å². The molecule has 7 nitrogen and oxygen atoms in total. The van der Waals surface area contributed by atoms with Crippen molar-refractivity contribution >= 4 is 11.6 Å². The standard InChI is InChI=1S/C22H18N4O3/c27-22(24-20-8-4-5-9-21(20)26-15-14-23-25-26)16-28-17-10-12-19(13-11-17)29-18-6-2-1-3-7-18/h1-15H,16H2,(H,24,27). The number of nitrogens with one attached hydrogen (secondary N) is 1. The third-order valence-corrected chi connectivity index (χ3v) is 4.02. The molecule has 0 unspecified atom stereocenters. The molecule has 0 fully saturated rings. The van der Waals surface area contributed by atoms with E-state index < -0.39 is 0 Å². The number of hydrogen-bond acceptors (Lipinski definition) is 5. The average molecular weight is 386 g/mol. The van der Waals surface area contributed by atoms with Gasteiger partial charge in [0, 0.05) is 0 Å². The van der Waals surface area contributed by atoms with Gasteiger partial charge < -0.3 is 14.8 Å². The Kier molecular flexibility index (Phi) is 5.48. The van der Waals surface area contributed by atoms with E-state index >= 15 is 0 Å². The van der Waals surface area contributed by atoms with Crippen molar-refractivity contribution in [2.45, 2.75) is 0 Å². The summed E-state index contributed by atoms with van der Waals surface area (Å²) in [6, 6.07) is 24.0. The van der Waals surface area contributed by atoms with Crippen LogP contribution in [0.15, 0.2) is 91.3 Å². The third kappa shape index (κ3) is 4.78. The second-order valence-corrected chi connectivity index (χ2v) is 6.09. The molecule has 1 aromatic heterocycles. The van der Waals surface area contributed by atoms with Crippen molar-refractivity contribution in [1.29, 1.82) is 0 Å². The SMILES string of the molecule is O=C(COc1ccc(Oc2ccccc2)cc1)Nc1ccccc1-n1ccnn1. The predicted molar refractivity (Wildman–Crippen MR) is 108 cm³/mol. The first-order chi connectivity index (χ1) is 14.3. The van der Waals surface area contributed by atoms with Crippen LogP contribution >= 0.6 is 0 Å². The molecule has 144 valence electrons. The molecule has 29 heavy (non-hydrogen) atoms. The number of nitrogens with zero attached hydrogens (tertiary/aromatic N) is 3. The van der Waals surface area contributed by atoms with Crippen molar-refractivity contribution < 1.29 is 14.3 Å². The smallest absolute Gasteiger partial charge is 0.262 e. The summed E-state index contributed by atoms with van der Waals surface area (Å²) in [7, 11) is 0. The van der Waals surface area contributed by atoms with Gasteiger partial charge in [0.05, 0.1) is 23.8 Å². The van der Waals surface area contributed by atoms with Gasteiger partial charge in [-0.05, 0) is 48.5 Å². The molecule has 3 aromatic carbocycles. The summed E-state index contributed by atoms with van der Waals surface area (Å²) in [5, 5.41) is 10.6. The van der Waals surface area contributed by atoms with E-state index in [0.717, 1.165) is 11.4 Å². The molecule has 1 N–H and O–H groups in total. The molecule has 7 heteroatoms. The van der Waals surface area contributed by atoms with Crippen LogP contribution in [-0.2, 0) is 4.79 Å². The van der Waals surface area contributed by atoms with Crippen molar-refractivity contribution in [3.8, 4) is 22.9 Å². The molecule has 0 atom stereocenters. The molecule has 0 bridgehead atoms. The molecule has 0 saturated carbocycles. The van der Waals surface area contributed by atoms with E-state index in [9.17, 15) is 4.79 Å². The Morgan fingerprint density at radius 2 is 1.55 bits per heavy atom. The number of amides is 1. The summed E-state index contributed by atoms with van der Waals surface area (Å²) in [5.41, 5.74) is 1.35. The number of rotatable bonds is 7. The van der Waals surface area contributed by atoms with Crippen molar-refractivity contribution in [2.24, 2.45) is 0 Å². The molecule has 1 heterocycles. The molecule has 0 aliphatic heterocycles. The van der Waals surface area contributed by atoms with Gasteiger partial charge in [-0.2, -0.15) is 0 Å². The van der Waals surface area contributed by atoms with E-state index in [1.54, 1.807) is 47.4 Å². The highest BCUT2D eigenvalue weighted by molar-refractivity contribution is 5.93. The number of aromatic nitrogens is 3. The lowest BCUT2D eigenvalue weighted by molar-refractivity contribution is -0.118. The van der Waals surface area contributed by atoms with Gasteiger partial charge in [-0.25, -0.2) is 4.68 Å². The van der Waals surface area contributed by atoms with Crippen molar-refractivity contribution in [3.05, 3.63) is 91.3 Å². The van der Waals surface area contributed by atoms with Gasteiger partial charge in [0.2, 0.25) is 0 Å². The lowest BCUT2D eigenvalue weighted by Crippen LogP contribution is -2.21. The second kappa shape index (κ2) is 8.71. The first kappa shape index (κ1) is 18.2. The number of carbonyl (C=O) groups excluding carboxylic acids is 1. The van der Waals surface area contributed by atoms with E-state index in [4.69, 9.17) is 9.47 Å². The highest BCUT2D eigenvalue weighted by Crippen LogP contribution is 2.23. The van der Waals surface area contributed by atoms with Crippen LogP contribution in [0.25, 0.3) is 5.69 Å². The first-order valence-electron chi connectivity index (χ1n) is 8.99. The minimum atomic E-state index is -0.276. The topological polar surface area (TPSA) is 78.3 Å². The minimum absolute atomic E-state index is 0.120. The number of benzene rings is 3. The Hall–Kier alpha value is -4.13. The van der Waals surface area contributed by atoms with Crippen molar-refractivity contribution in [1.82, 2.24) is 15.0 Å². The maximum Gasteiger partial charge on any atom is 0.262 e. The molecule has 0 saturated heterocycles. The van der Waals surface area contributed by atoms with Gasteiger partial charge >= 0.3 is 0 Å². The average Bonchev–Trinajstić information content (AvgIpc) is 3.29. The Labute approximate surface area is 167 Å². The van der Waals surface area contributed by atoms with E-state index in [0.29, 0.717) is 17.2 Å². The van der Waals surface area contributed by atoms with Crippen molar-refractivity contribution in [3.63, 3.8) is 0 Å². The van der Waals surface area contributed by atoms with Crippen LogP contribution in [0.3, 0.4) is 0 Å². The Morgan fingerprint density at radius 3 is 2.31 bits per heavy atom. The molecule has 4 rings (SSSR count). The summed E-state index contributed by atoms with van der Waals surface area (Å²) < 4.78 is 12.9. The van der Waals surface area contributed by atoms with E-state index in [1.807, 2.05) is 48.5 Å². The van der Waals surface area contributed by atoms with Crippen LogP contribution < -0.4 is 14.8 Å². The van der Waals surface area contributed by atoms with Crippen LogP contribution in [0.1, 0.15) is 0 Å². The minimum Gasteiger partial charge on any atom is -0.484 e. The Balaban J connectivity index is 1.33. The molecule has 0 aliphatic carbocycles. The van der Waals surface area contributed by atoms with Crippen LogP contribution in [0.4, 0.5) is 5.69 Å². The van der Waals surface area contributed by atoms with E-state index in [-0.39, 0.29) is 12.5 Å². The zero-order valence-corrected chi connectivity index (χ0v) is 15.4. The van der Waals surface area contributed by atoms with Gasteiger partial charge in [-0.3, -0.25) is 4.79 Å². The van der Waals surface area contributed by atoms with Crippen LogP contribution in [0.2, 0.25) is 0 Å². The number of ether oxygens (including phenoxy) is 2. The largest absolute Gasteiger partial charge is 0.484 e. The van der Waals surface area contributed by atoms with Gasteiger partial charge in [0.1, 0.15) is 17.2 Å². The number of anilines is 1. The second-order valence-electron chi connectivity index (χ2n) is 6.09. The normalized spacial score (nSPS) is 10.3. The monoisotopic (exact) mass is 386 g/mol. The lowest BCUT2D eigenvalue weighted by Gasteiger charge is -2.11. The summed E-state index contributed by atoms with van der Waals surface area (Å²) >= 11 is 0. The highest BCUT2D eigenvalue weighted by atomic mass is 16.5. The fourth-order valence-corrected chi connectivity index (χ4v) is 2.68. The highest BCUT2D eigenvalue weighted by Gasteiger charge is 2.09. The lowest BCUT2D eigenvalue weighted by atomic mass is 10.2. The fourth-order valence-electron chi connectivity index (χ4n) is 2.68. The maximum atomic E-state index is 12.3. The summed E-state index contributed by atoms with van der Waals surface area (Å²) in [6.45, 7) is -0.120. The maximum absolute atomic E-state index is 12.3. The summed E-state index contributed by atoms with van der Waals surface area (Å²) in [6.07, 6.45) is 3.29. The number of carbonyl (C=O) groups is 1. The number of hydrogen-bond donors (Lipinski definition) is 1. The molecule has 0 aliphatic rings. The quantitative estimate of drug-likeness (QED) is 0.518. The molecular weight excluding hydrogens is 368 g/mol. The Bertz CT molecular complexity index is 1060. The van der Waals surface area contributed by atoms with Crippen molar-refractivity contribution in [2.75, 3.05) is 11.9 Å². The predicted octanol–water partition coefficient (Wildman–Crippen LogP) is 4.08.